The maximum Gasteiger partial charge on any atom is 0.180 e. The number of nitrogens with two attached hydrogens (primary N) is 1. The van der Waals surface area contributed by atoms with E-state index >= 15 is 0 Å². The number of hydrogen-bond acceptors (Lipinski definition) is 4. The van der Waals surface area contributed by atoms with Crippen molar-refractivity contribution in [2.75, 3.05) is 5.73 Å². The number of nitrogens with zero attached hydrogens (tertiary/aromatic N) is 3. The molecular weight excluding hydrogens is 196 g/mol. The molecule has 5 heteroatoms. The van der Waals surface area contributed by atoms with Crippen LogP contribution in [0.2, 0.25) is 0 Å². The second-order valence-corrected chi connectivity index (χ2v) is 4.10. The Hall–Kier alpha value is -1.36. The van der Waals surface area contributed by atoms with E-state index in [4.69, 9.17) is 5.73 Å². The van der Waals surface area contributed by atoms with Gasteiger partial charge in [0.05, 0.1) is 23.1 Å². The topological polar surface area (TPSA) is 56.7 Å². The van der Waals surface area contributed by atoms with Crippen molar-refractivity contribution in [3.63, 3.8) is 0 Å². The lowest BCUT2D eigenvalue weighted by molar-refractivity contribution is 0.685. The van der Waals surface area contributed by atoms with Gasteiger partial charge in [0.2, 0.25) is 0 Å². The van der Waals surface area contributed by atoms with Crippen molar-refractivity contribution >= 4 is 16.5 Å². The fourth-order valence-electron chi connectivity index (χ4n) is 1.35. The Morgan fingerprint density at radius 2 is 2.36 bits per heavy atom. The van der Waals surface area contributed by atoms with Gasteiger partial charge in [-0.2, -0.15) is 0 Å². The Bertz CT molecular complexity index is 418. The van der Waals surface area contributed by atoms with Gasteiger partial charge < -0.3 is 10.3 Å². The fourth-order valence-corrected chi connectivity index (χ4v) is 2.06. The van der Waals surface area contributed by atoms with Crippen LogP contribution < -0.4 is 5.73 Å². The predicted octanol–water partition coefficient (Wildman–Crippen LogP) is 2.00. The lowest BCUT2D eigenvalue weighted by Gasteiger charge is -2.02. The zero-order chi connectivity index (χ0) is 9.97. The minimum Gasteiger partial charge on any atom is -0.375 e. The lowest BCUT2D eigenvalue weighted by atomic mass is 10.4. The van der Waals surface area contributed by atoms with Gasteiger partial charge in [-0.3, -0.25) is 0 Å². The molecule has 0 saturated heterocycles. The number of nitrogen functional groups attached to an aromatic ring is 1. The first-order valence-corrected chi connectivity index (χ1v) is 5.34. The first kappa shape index (κ1) is 9.21. The number of anilines is 1. The van der Waals surface area contributed by atoms with Gasteiger partial charge in [-0.1, -0.05) is 18.3 Å². The minimum absolute atomic E-state index is 0.601. The van der Waals surface area contributed by atoms with Crippen LogP contribution in [-0.2, 0) is 6.54 Å². The summed E-state index contributed by atoms with van der Waals surface area (Å²) in [5.41, 5.74) is 6.68. The molecule has 0 fully saturated rings. The van der Waals surface area contributed by atoms with Crippen LogP contribution in [0.1, 0.15) is 13.3 Å². The summed E-state index contributed by atoms with van der Waals surface area (Å²) in [5, 5.41) is 0.601. The van der Waals surface area contributed by atoms with Crippen LogP contribution in [0.4, 0.5) is 5.13 Å². The van der Waals surface area contributed by atoms with E-state index in [2.05, 4.69) is 21.5 Å². The molecule has 0 spiro atoms. The molecule has 0 unspecified atom stereocenters. The fraction of sp³-hybridized carbons (Fsp3) is 0.333. The van der Waals surface area contributed by atoms with E-state index in [1.165, 1.54) is 11.3 Å². The number of rotatable bonds is 3. The highest BCUT2D eigenvalue weighted by atomic mass is 32.1. The molecule has 74 valence electrons. The highest BCUT2D eigenvalue weighted by Crippen LogP contribution is 2.26. The van der Waals surface area contributed by atoms with E-state index < -0.39 is 0 Å². The largest absolute Gasteiger partial charge is 0.375 e. The normalized spacial score (nSPS) is 10.6. The molecule has 0 aliphatic rings. The van der Waals surface area contributed by atoms with E-state index in [0.717, 1.165) is 23.5 Å². The Kier molecular flexibility index (Phi) is 2.49. The van der Waals surface area contributed by atoms with Crippen LogP contribution in [0.25, 0.3) is 10.6 Å². The van der Waals surface area contributed by atoms with Gasteiger partial charge in [0, 0.05) is 12.7 Å². The second kappa shape index (κ2) is 3.79. The molecular formula is C9H12N4S. The van der Waals surface area contributed by atoms with Crippen molar-refractivity contribution < 1.29 is 0 Å². The molecule has 0 aliphatic carbocycles. The molecule has 0 amide bonds. The highest BCUT2D eigenvalue weighted by molar-refractivity contribution is 7.18. The van der Waals surface area contributed by atoms with E-state index in [1.54, 1.807) is 6.20 Å². The molecule has 0 aliphatic heterocycles. The molecule has 2 rings (SSSR count). The van der Waals surface area contributed by atoms with Crippen molar-refractivity contribution in [1.29, 1.82) is 0 Å². The molecule has 14 heavy (non-hydrogen) atoms. The Labute approximate surface area is 86.4 Å². The number of imidazole rings is 1. The van der Waals surface area contributed by atoms with E-state index in [-0.39, 0.29) is 0 Å². The standard InChI is InChI=1S/C9H12N4S/c1-2-3-13-6-11-4-7(13)8-5-12-9(10)14-8/h4-6H,2-3H2,1H3,(H2,10,12). The average molecular weight is 208 g/mol. The SMILES string of the molecule is CCCn1cncc1-c1cnc(N)s1. The van der Waals surface area contributed by atoms with Crippen LogP contribution >= 0.6 is 11.3 Å². The molecule has 2 heterocycles. The van der Waals surface area contributed by atoms with Crippen LogP contribution in [0, 0.1) is 0 Å². The lowest BCUT2D eigenvalue weighted by Crippen LogP contribution is -1.95. The maximum absolute atomic E-state index is 5.59. The number of aromatic nitrogens is 3. The summed E-state index contributed by atoms with van der Waals surface area (Å²) in [5.74, 6) is 0. The summed E-state index contributed by atoms with van der Waals surface area (Å²) in [7, 11) is 0. The molecule has 2 N–H and O–H groups in total. The molecule has 0 saturated carbocycles. The third kappa shape index (κ3) is 1.63. The van der Waals surface area contributed by atoms with Gasteiger partial charge >= 0.3 is 0 Å². The van der Waals surface area contributed by atoms with E-state index in [1.807, 2.05) is 12.5 Å². The molecule has 2 aromatic heterocycles. The second-order valence-electron chi connectivity index (χ2n) is 3.04. The molecule has 4 nitrogen and oxygen atoms in total. The summed E-state index contributed by atoms with van der Waals surface area (Å²) < 4.78 is 2.12. The summed E-state index contributed by atoms with van der Waals surface area (Å²) >= 11 is 1.49. The molecule has 0 aromatic carbocycles. The van der Waals surface area contributed by atoms with Crippen LogP contribution in [0.5, 0.6) is 0 Å². The van der Waals surface area contributed by atoms with Crippen LogP contribution in [0.15, 0.2) is 18.7 Å². The van der Waals surface area contributed by atoms with E-state index in [0.29, 0.717) is 5.13 Å². The van der Waals surface area contributed by atoms with Gasteiger partial charge in [-0.25, -0.2) is 9.97 Å². The van der Waals surface area contributed by atoms with Crippen LogP contribution in [0.3, 0.4) is 0 Å². The van der Waals surface area contributed by atoms with Gasteiger partial charge in [0.1, 0.15) is 0 Å². The Balaban J connectivity index is 2.36. The summed E-state index contributed by atoms with van der Waals surface area (Å²) in [6.45, 7) is 3.12. The molecule has 0 radical (unpaired) electrons. The summed E-state index contributed by atoms with van der Waals surface area (Å²) in [4.78, 5) is 9.23. The smallest absolute Gasteiger partial charge is 0.180 e. The van der Waals surface area contributed by atoms with E-state index in [9.17, 15) is 0 Å². The van der Waals surface area contributed by atoms with Gasteiger partial charge in [-0.05, 0) is 6.42 Å². The quantitative estimate of drug-likeness (QED) is 0.839. The third-order valence-electron chi connectivity index (χ3n) is 1.95. The van der Waals surface area contributed by atoms with Gasteiger partial charge in [0.15, 0.2) is 5.13 Å². The van der Waals surface area contributed by atoms with Gasteiger partial charge in [0.25, 0.3) is 0 Å². The summed E-state index contributed by atoms with van der Waals surface area (Å²) in [6, 6.07) is 0. The van der Waals surface area contributed by atoms with Crippen LogP contribution in [-0.4, -0.2) is 14.5 Å². The van der Waals surface area contributed by atoms with Crippen molar-refractivity contribution in [2.24, 2.45) is 0 Å². The monoisotopic (exact) mass is 208 g/mol. The van der Waals surface area contributed by atoms with Crippen molar-refractivity contribution in [3.8, 4) is 10.6 Å². The first-order valence-electron chi connectivity index (χ1n) is 4.53. The number of aryl methyl sites for hydroxylation is 1. The molecule has 2 aromatic rings. The Morgan fingerprint density at radius 1 is 1.50 bits per heavy atom. The van der Waals surface area contributed by atoms with Crippen molar-refractivity contribution in [3.05, 3.63) is 18.7 Å². The van der Waals surface area contributed by atoms with Gasteiger partial charge in [-0.15, -0.1) is 0 Å². The highest BCUT2D eigenvalue weighted by Gasteiger charge is 2.07. The molecule has 0 atom stereocenters. The zero-order valence-corrected chi connectivity index (χ0v) is 8.79. The predicted molar refractivity (Wildman–Crippen MR) is 58.0 cm³/mol. The maximum atomic E-state index is 5.59. The Morgan fingerprint density at radius 3 is 3.00 bits per heavy atom. The zero-order valence-electron chi connectivity index (χ0n) is 7.97. The average Bonchev–Trinajstić information content (AvgIpc) is 2.74. The number of hydrogen-bond donors (Lipinski definition) is 1. The summed E-state index contributed by atoms with van der Waals surface area (Å²) in [6.07, 6.45) is 6.58. The number of thiazole rings is 1. The van der Waals surface area contributed by atoms with Crippen molar-refractivity contribution in [2.45, 2.75) is 19.9 Å². The minimum atomic E-state index is 0.601. The first-order chi connectivity index (χ1) is 6.81. The third-order valence-corrected chi connectivity index (χ3v) is 2.80. The molecule has 0 bridgehead atoms. The van der Waals surface area contributed by atoms with Crippen molar-refractivity contribution in [1.82, 2.24) is 14.5 Å².